The fourth-order valence-corrected chi connectivity index (χ4v) is 1.86. The van der Waals surface area contributed by atoms with Gasteiger partial charge in [0, 0.05) is 13.0 Å². The van der Waals surface area contributed by atoms with Crippen LogP contribution in [0.3, 0.4) is 0 Å². The lowest BCUT2D eigenvalue weighted by atomic mass is 10.2. The number of hydrogen-bond donors (Lipinski definition) is 1. The molecule has 2 rings (SSSR count). The summed E-state index contributed by atoms with van der Waals surface area (Å²) in [5.41, 5.74) is -1.64. The minimum absolute atomic E-state index is 0.190. The Morgan fingerprint density at radius 1 is 1.13 bits per heavy atom. The van der Waals surface area contributed by atoms with Crippen LogP contribution in [-0.4, -0.2) is 24.1 Å². The number of alkyl halides is 3. The SMILES string of the molecule is FC(F)(F)C1(NC2=NCCCCC2)CC1. The van der Waals surface area contributed by atoms with Crippen LogP contribution in [0, 0.1) is 0 Å². The fraction of sp³-hybridized carbons (Fsp3) is 0.900. The van der Waals surface area contributed by atoms with E-state index in [1.54, 1.807) is 0 Å². The highest BCUT2D eigenvalue weighted by molar-refractivity contribution is 5.83. The zero-order valence-electron chi connectivity index (χ0n) is 8.53. The van der Waals surface area contributed by atoms with Crippen LogP contribution in [0.25, 0.3) is 0 Å². The summed E-state index contributed by atoms with van der Waals surface area (Å²) in [6.07, 6.45) is -0.0949. The molecule has 0 aromatic rings. The molecule has 0 unspecified atom stereocenters. The first-order valence-corrected chi connectivity index (χ1v) is 5.42. The van der Waals surface area contributed by atoms with Crippen LogP contribution in [0.1, 0.15) is 38.5 Å². The van der Waals surface area contributed by atoms with Gasteiger partial charge in [0.15, 0.2) is 0 Å². The van der Waals surface area contributed by atoms with E-state index in [4.69, 9.17) is 0 Å². The van der Waals surface area contributed by atoms with Crippen molar-refractivity contribution in [2.75, 3.05) is 6.54 Å². The highest BCUT2D eigenvalue weighted by atomic mass is 19.4. The van der Waals surface area contributed by atoms with Gasteiger partial charge in [0.1, 0.15) is 5.54 Å². The zero-order chi connectivity index (χ0) is 10.9. The summed E-state index contributed by atoms with van der Waals surface area (Å²) in [4.78, 5) is 4.17. The van der Waals surface area contributed by atoms with E-state index in [1.165, 1.54) is 0 Å². The van der Waals surface area contributed by atoms with Crippen molar-refractivity contribution in [2.45, 2.75) is 50.2 Å². The lowest BCUT2D eigenvalue weighted by Gasteiger charge is -2.22. The Hall–Kier alpha value is -0.740. The molecule has 15 heavy (non-hydrogen) atoms. The Labute approximate surface area is 87.0 Å². The van der Waals surface area contributed by atoms with Crippen molar-refractivity contribution < 1.29 is 13.2 Å². The number of amidine groups is 1. The van der Waals surface area contributed by atoms with Crippen LogP contribution in [-0.2, 0) is 0 Å². The first kappa shape index (κ1) is 10.8. The average Bonchev–Trinajstić information content (AvgIpc) is 2.90. The molecule has 0 aromatic carbocycles. The van der Waals surface area contributed by atoms with Gasteiger partial charge in [0.25, 0.3) is 0 Å². The predicted molar refractivity (Wildman–Crippen MR) is 51.9 cm³/mol. The van der Waals surface area contributed by atoms with E-state index in [1.807, 2.05) is 0 Å². The van der Waals surface area contributed by atoms with E-state index < -0.39 is 11.7 Å². The van der Waals surface area contributed by atoms with Gasteiger partial charge in [-0.1, -0.05) is 6.42 Å². The molecule has 0 atom stereocenters. The van der Waals surface area contributed by atoms with Crippen LogP contribution in [0.2, 0.25) is 0 Å². The highest BCUT2D eigenvalue weighted by Gasteiger charge is 2.63. The molecule has 1 saturated carbocycles. The molecular formula is C10H15F3N2. The lowest BCUT2D eigenvalue weighted by Crippen LogP contribution is -2.47. The summed E-state index contributed by atoms with van der Waals surface area (Å²) in [5.74, 6) is 0.558. The summed E-state index contributed by atoms with van der Waals surface area (Å²) in [5, 5.41) is 2.61. The Morgan fingerprint density at radius 2 is 1.87 bits per heavy atom. The predicted octanol–water partition coefficient (Wildman–Crippen LogP) is 2.64. The van der Waals surface area contributed by atoms with Crippen molar-refractivity contribution >= 4 is 5.84 Å². The maximum Gasteiger partial charge on any atom is 0.411 e. The number of hydrogen-bond acceptors (Lipinski definition) is 2. The van der Waals surface area contributed by atoms with Crippen molar-refractivity contribution in [3.63, 3.8) is 0 Å². The molecule has 2 nitrogen and oxygen atoms in total. The second kappa shape index (κ2) is 3.68. The Balaban J connectivity index is 1.99. The van der Waals surface area contributed by atoms with E-state index in [2.05, 4.69) is 10.3 Å². The van der Waals surface area contributed by atoms with Crippen molar-refractivity contribution in [1.29, 1.82) is 0 Å². The van der Waals surface area contributed by atoms with Gasteiger partial charge in [-0.05, 0) is 25.7 Å². The normalized spacial score (nSPS) is 25.4. The Kier molecular flexibility index (Phi) is 2.64. The van der Waals surface area contributed by atoms with Crippen LogP contribution in [0.5, 0.6) is 0 Å². The summed E-state index contributed by atoms with van der Waals surface area (Å²) >= 11 is 0. The molecule has 1 heterocycles. The molecule has 86 valence electrons. The summed E-state index contributed by atoms with van der Waals surface area (Å²) < 4.78 is 37.9. The minimum atomic E-state index is -4.14. The average molecular weight is 220 g/mol. The molecule has 5 heteroatoms. The Morgan fingerprint density at radius 3 is 2.47 bits per heavy atom. The molecule has 1 aliphatic carbocycles. The molecule has 0 saturated heterocycles. The van der Waals surface area contributed by atoms with E-state index in [-0.39, 0.29) is 12.8 Å². The van der Waals surface area contributed by atoms with E-state index >= 15 is 0 Å². The molecule has 0 aromatic heterocycles. The van der Waals surface area contributed by atoms with Gasteiger partial charge in [-0.3, -0.25) is 4.99 Å². The Bertz CT molecular complexity index is 266. The third kappa shape index (κ3) is 2.26. The van der Waals surface area contributed by atoms with E-state index in [9.17, 15) is 13.2 Å². The first-order valence-electron chi connectivity index (χ1n) is 5.42. The van der Waals surface area contributed by atoms with Crippen molar-refractivity contribution in [3.8, 4) is 0 Å². The van der Waals surface area contributed by atoms with Gasteiger partial charge >= 0.3 is 6.18 Å². The largest absolute Gasteiger partial charge is 0.411 e. The molecule has 1 N–H and O–H groups in total. The molecule has 2 aliphatic rings. The van der Waals surface area contributed by atoms with Gasteiger partial charge in [-0.25, -0.2) is 0 Å². The zero-order valence-corrected chi connectivity index (χ0v) is 8.53. The third-order valence-corrected chi connectivity index (χ3v) is 3.05. The molecule has 0 bridgehead atoms. The van der Waals surface area contributed by atoms with Gasteiger partial charge in [-0.15, -0.1) is 0 Å². The topological polar surface area (TPSA) is 24.4 Å². The molecule has 1 aliphatic heterocycles. The van der Waals surface area contributed by atoms with E-state index in [0.29, 0.717) is 18.8 Å². The minimum Gasteiger partial charge on any atom is -0.360 e. The summed E-state index contributed by atoms with van der Waals surface area (Å²) in [6.45, 7) is 0.663. The second-order valence-corrected chi connectivity index (χ2v) is 4.34. The van der Waals surface area contributed by atoms with Gasteiger partial charge in [0.05, 0.1) is 5.84 Å². The van der Waals surface area contributed by atoms with Crippen LogP contribution in [0.4, 0.5) is 13.2 Å². The first-order chi connectivity index (χ1) is 7.04. The number of nitrogens with zero attached hydrogens (tertiary/aromatic N) is 1. The molecule has 0 spiro atoms. The van der Waals surface area contributed by atoms with Gasteiger partial charge < -0.3 is 5.32 Å². The number of aliphatic imine (C=N–C) groups is 1. The van der Waals surface area contributed by atoms with Crippen LogP contribution >= 0.6 is 0 Å². The third-order valence-electron chi connectivity index (χ3n) is 3.05. The number of rotatable bonds is 1. The van der Waals surface area contributed by atoms with Crippen molar-refractivity contribution in [2.24, 2.45) is 4.99 Å². The number of halogens is 3. The fourth-order valence-electron chi connectivity index (χ4n) is 1.86. The van der Waals surface area contributed by atoms with Gasteiger partial charge in [-0.2, -0.15) is 13.2 Å². The highest BCUT2D eigenvalue weighted by Crippen LogP contribution is 2.49. The molecule has 1 fully saturated rings. The smallest absolute Gasteiger partial charge is 0.360 e. The monoisotopic (exact) mass is 220 g/mol. The van der Waals surface area contributed by atoms with Crippen molar-refractivity contribution in [1.82, 2.24) is 5.32 Å². The molecule has 0 radical (unpaired) electrons. The van der Waals surface area contributed by atoms with Gasteiger partial charge in [0.2, 0.25) is 0 Å². The van der Waals surface area contributed by atoms with Crippen molar-refractivity contribution in [3.05, 3.63) is 0 Å². The lowest BCUT2D eigenvalue weighted by molar-refractivity contribution is -0.161. The standard InChI is InChI=1S/C10H15F3N2/c11-10(12,13)9(5-6-9)15-8-4-2-1-3-7-14-8/h1-7H2,(H,14,15). The maximum atomic E-state index is 12.6. The second-order valence-electron chi connectivity index (χ2n) is 4.34. The summed E-state index contributed by atoms with van der Waals surface area (Å²) in [7, 11) is 0. The van der Waals surface area contributed by atoms with Crippen LogP contribution < -0.4 is 5.32 Å². The quantitative estimate of drug-likeness (QED) is 0.721. The summed E-state index contributed by atoms with van der Waals surface area (Å²) in [6, 6.07) is 0. The molecular weight excluding hydrogens is 205 g/mol. The van der Waals surface area contributed by atoms with Crippen LogP contribution in [0.15, 0.2) is 4.99 Å². The maximum absolute atomic E-state index is 12.6. The number of nitrogens with one attached hydrogen (secondary N) is 1. The molecule has 0 amide bonds. The van der Waals surface area contributed by atoms with E-state index in [0.717, 1.165) is 19.3 Å².